The Morgan fingerprint density at radius 3 is 2.35 bits per heavy atom. The van der Waals surface area contributed by atoms with Gasteiger partial charge in [0.25, 0.3) is 0 Å². The van der Waals surface area contributed by atoms with E-state index in [1.54, 1.807) is 12.1 Å². The lowest BCUT2D eigenvalue weighted by molar-refractivity contribution is -0.148. The number of carbonyl (C=O) groups excluding carboxylic acids is 2. The molecule has 0 amide bonds. The lowest BCUT2D eigenvalue weighted by Crippen LogP contribution is -2.40. The summed E-state index contributed by atoms with van der Waals surface area (Å²) in [5.74, 6) is -0.811. The smallest absolute Gasteiger partial charge is 0.309 e. The van der Waals surface area contributed by atoms with Gasteiger partial charge in [-0.3, -0.25) is 9.59 Å². The zero-order valence-electron chi connectivity index (χ0n) is 19.7. The monoisotopic (exact) mass is 482 g/mol. The number of aromatic nitrogens is 1. The van der Waals surface area contributed by atoms with Gasteiger partial charge in [0.1, 0.15) is 0 Å². The SMILES string of the molecule is Cc1[nH]c2ccccc2c1C(=O)COC(=O)C1CCN(S(=O)(=O)c2ccc(C(C)C)cc2)CC1. The first-order valence-electron chi connectivity index (χ1n) is 11.6. The Morgan fingerprint density at radius 2 is 1.71 bits per heavy atom. The lowest BCUT2D eigenvalue weighted by atomic mass is 9.98. The summed E-state index contributed by atoms with van der Waals surface area (Å²) in [6.07, 6.45) is 0.727. The molecule has 0 unspecified atom stereocenters. The summed E-state index contributed by atoms with van der Waals surface area (Å²) in [6, 6.07) is 14.5. The zero-order valence-corrected chi connectivity index (χ0v) is 20.5. The van der Waals surface area contributed by atoms with Crippen LogP contribution in [0.5, 0.6) is 0 Å². The van der Waals surface area contributed by atoms with Crippen molar-refractivity contribution in [1.82, 2.24) is 9.29 Å². The van der Waals surface area contributed by atoms with Crippen LogP contribution < -0.4 is 0 Å². The van der Waals surface area contributed by atoms with E-state index in [1.807, 2.05) is 43.3 Å². The summed E-state index contributed by atoms with van der Waals surface area (Å²) >= 11 is 0. The number of sulfonamides is 1. The number of Topliss-reactive ketones (excluding diaryl/α,β-unsaturated/α-hetero) is 1. The quantitative estimate of drug-likeness (QED) is 0.397. The molecule has 1 saturated heterocycles. The van der Waals surface area contributed by atoms with E-state index in [1.165, 1.54) is 4.31 Å². The number of hydrogen-bond acceptors (Lipinski definition) is 5. The van der Waals surface area contributed by atoms with Crippen molar-refractivity contribution in [3.63, 3.8) is 0 Å². The Balaban J connectivity index is 1.33. The second-order valence-electron chi connectivity index (χ2n) is 9.10. The number of fused-ring (bicyclic) bond motifs is 1. The molecule has 2 heterocycles. The maximum Gasteiger partial charge on any atom is 0.309 e. The van der Waals surface area contributed by atoms with Gasteiger partial charge in [0.2, 0.25) is 15.8 Å². The number of H-pyrrole nitrogens is 1. The van der Waals surface area contributed by atoms with E-state index in [2.05, 4.69) is 18.8 Å². The largest absolute Gasteiger partial charge is 0.457 e. The van der Waals surface area contributed by atoms with E-state index in [4.69, 9.17) is 4.74 Å². The number of nitrogens with zero attached hydrogens (tertiary/aromatic N) is 1. The molecule has 1 aromatic heterocycles. The van der Waals surface area contributed by atoms with Gasteiger partial charge < -0.3 is 9.72 Å². The van der Waals surface area contributed by atoms with Gasteiger partial charge in [0.05, 0.1) is 10.8 Å². The number of para-hydroxylation sites is 1. The fourth-order valence-corrected chi connectivity index (χ4v) is 5.94. The Labute approximate surface area is 200 Å². The minimum Gasteiger partial charge on any atom is -0.457 e. The fourth-order valence-electron chi connectivity index (χ4n) is 4.47. The van der Waals surface area contributed by atoms with Gasteiger partial charge in [0, 0.05) is 35.2 Å². The maximum atomic E-state index is 13.0. The Hall–Kier alpha value is -2.97. The van der Waals surface area contributed by atoms with E-state index in [-0.39, 0.29) is 30.4 Å². The molecule has 2 aromatic carbocycles. The molecule has 34 heavy (non-hydrogen) atoms. The number of ketones is 1. The van der Waals surface area contributed by atoms with Gasteiger partial charge in [-0.1, -0.05) is 44.2 Å². The second-order valence-corrected chi connectivity index (χ2v) is 11.0. The molecule has 1 aliphatic heterocycles. The van der Waals surface area contributed by atoms with Gasteiger partial charge >= 0.3 is 5.97 Å². The predicted octanol–water partition coefficient (Wildman–Crippen LogP) is 4.43. The minimum absolute atomic E-state index is 0.240. The third-order valence-corrected chi connectivity index (χ3v) is 8.40. The van der Waals surface area contributed by atoms with Crippen LogP contribution in [0.25, 0.3) is 10.9 Å². The number of ether oxygens (including phenoxy) is 1. The summed E-state index contributed by atoms with van der Waals surface area (Å²) in [6.45, 7) is 6.09. The van der Waals surface area contributed by atoms with Crippen LogP contribution in [0.15, 0.2) is 53.4 Å². The van der Waals surface area contributed by atoms with E-state index in [0.29, 0.717) is 24.3 Å². The van der Waals surface area contributed by atoms with Gasteiger partial charge in [-0.15, -0.1) is 0 Å². The van der Waals surface area contributed by atoms with Gasteiger partial charge in [-0.2, -0.15) is 4.31 Å². The minimum atomic E-state index is -3.61. The fraction of sp³-hybridized carbons (Fsp3) is 0.385. The molecular formula is C26H30N2O5S. The molecule has 3 aromatic rings. The van der Waals surface area contributed by atoms with Crippen LogP contribution in [0.4, 0.5) is 0 Å². The van der Waals surface area contributed by atoms with Crippen LogP contribution in [0, 0.1) is 12.8 Å². The van der Waals surface area contributed by atoms with Crippen molar-refractivity contribution in [1.29, 1.82) is 0 Å². The van der Waals surface area contributed by atoms with E-state index >= 15 is 0 Å². The summed E-state index contributed by atoms with van der Waals surface area (Å²) < 4.78 is 32.7. The average molecular weight is 483 g/mol. The number of piperidine rings is 1. The number of aromatic amines is 1. The molecule has 8 heteroatoms. The maximum absolute atomic E-state index is 13.0. The molecule has 0 atom stereocenters. The van der Waals surface area contributed by atoms with Crippen molar-refractivity contribution in [2.24, 2.45) is 5.92 Å². The van der Waals surface area contributed by atoms with Gasteiger partial charge in [0.15, 0.2) is 6.61 Å². The first-order chi connectivity index (χ1) is 16.2. The van der Waals surface area contributed by atoms with Gasteiger partial charge in [-0.05, 0) is 49.4 Å². The second kappa shape index (κ2) is 9.72. The molecule has 1 aliphatic rings. The Bertz CT molecular complexity index is 1300. The van der Waals surface area contributed by atoms with E-state index in [0.717, 1.165) is 22.2 Å². The van der Waals surface area contributed by atoms with Crippen LogP contribution in [-0.2, 0) is 19.6 Å². The van der Waals surface area contributed by atoms with Crippen molar-refractivity contribution in [2.75, 3.05) is 19.7 Å². The highest BCUT2D eigenvalue weighted by Gasteiger charge is 2.33. The first-order valence-corrected chi connectivity index (χ1v) is 13.0. The third kappa shape index (κ3) is 4.79. The number of hydrogen-bond donors (Lipinski definition) is 1. The molecule has 0 radical (unpaired) electrons. The number of nitrogens with one attached hydrogen (secondary N) is 1. The summed E-state index contributed by atoms with van der Waals surface area (Å²) in [5, 5.41) is 0.806. The third-order valence-electron chi connectivity index (χ3n) is 6.49. The molecule has 1 fully saturated rings. The van der Waals surface area contributed by atoms with Crippen LogP contribution in [0.1, 0.15) is 54.2 Å². The van der Waals surface area contributed by atoms with Crippen LogP contribution >= 0.6 is 0 Å². The van der Waals surface area contributed by atoms with Crippen molar-refractivity contribution >= 4 is 32.7 Å². The molecule has 4 rings (SSSR count). The van der Waals surface area contributed by atoms with Crippen molar-refractivity contribution < 1.29 is 22.7 Å². The highest BCUT2D eigenvalue weighted by molar-refractivity contribution is 7.89. The summed E-state index contributed by atoms with van der Waals surface area (Å²) in [7, 11) is -3.61. The first kappa shape index (κ1) is 24.2. The topological polar surface area (TPSA) is 96.5 Å². The van der Waals surface area contributed by atoms with Crippen LogP contribution in [0.2, 0.25) is 0 Å². The van der Waals surface area contributed by atoms with Gasteiger partial charge in [-0.25, -0.2) is 8.42 Å². The van der Waals surface area contributed by atoms with E-state index < -0.39 is 21.9 Å². The molecule has 0 bridgehead atoms. The number of aryl methyl sites for hydroxylation is 1. The highest BCUT2D eigenvalue weighted by Crippen LogP contribution is 2.27. The van der Waals surface area contributed by atoms with Crippen LogP contribution in [0.3, 0.4) is 0 Å². The number of rotatable bonds is 7. The molecule has 0 aliphatic carbocycles. The predicted molar refractivity (Wildman–Crippen MR) is 130 cm³/mol. The van der Waals surface area contributed by atoms with Crippen molar-refractivity contribution in [3.05, 3.63) is 65.4 Å². The highest BCUT2D eigenvalue weighted by atomic mass is 32.2. The zero-order chi connectivity index (χ0) is 24.5. The molecule has 0 saturated carbocycles. The standard InChI is InChI=1S/C26H30N2O5S/c1-17(2)19-8-10-21(11-9-19)34(31,32)28-14-12-20(13-15-28)26(30)33-16-24(29)25-18(3)27-23-7-5-4-6-22(23)25/h4-11,17,20,27H,12-16H2,1-3H3. The lowest BCUT2D eigenvalue weighted by Gasteiger charge is -2.30. The number of benzene rings is 2. The van der Waals surface area contributed by atoms with Crippen molar-refractivity contribution in [3.8, 4) is 0 Å². The normalized spacial score (nSPS) is 15.6. The number of esters is 1. The van der Waals surface area contributed by atoms with E-state index in [9.17, 15) is 18.0 Å². The number of carbonyl (C=O) groups is 2. The average Bonchev–Trinajstić information content (AvgIpc) is 3.18. The summed E-state index contributed by atoms with van der Waals surface area (Å²) in [5.41, 5.74) is 3.22. The summed E-state index contributed by atoms with van der Waals surface area (Å²) in [4.78, 5) is 28.8. The van der Waals surface area contributed by atoms with Crippen LogP contribution in [-0.4, -0.2) is 49.2 Å². The van der Waals surface area contributed by atoms with Crippen molar-refractivity contribution in [2.45, 2.75) is 44.4 Å². The molecule has 7 nitrogen and oxygen atoms in total. The molecule has 0 spiro atoms. The Kier molecular flexibility index (Phi) is 6.91. The molecule has 1 N–H and O–H groups in total. The Morgan fingerprint density at radius 1 is 1.06 bits per heavy atom. The molecular weight excluding hydrogens is 452 g/mol. The molecule has 180 valence electrons.